The molecule has 3 aromatic rings. The molecule has 2 aromatic heterocycles. The van der Waals surface area contributed by atoms with E-state index >= 15 is 0 Å². The predicted octanol–water partition coefficient (Wildman–Crippen LogP) is 2.09. The first-order chi connectivity index (χ1) is 13.7. The molecular weight excluding hydrogens is 352 g/mol. The molecule has 2 aliphatic heterocycles. The van der Waals surface area contributed by atoms with Crippen LogP contribution in [0.4, 0.5) is 5.82 Å². The molecule has 2 aliphatic rings. The smallest absolute Gasteiger partial charge is 0.257 e. The number of aryl methyl sites for hydroxylation is 1. The maximum Gasteiger partial charge on any atom is 0.257 e. The van der Waals surface area contributed by atoms with Gasteiger partial charge in [0.15, 0.2) is 5.82 Å². The molecule has 0 spiro atoms. The van der Waals surface area contributed by atoms with Crippen molar-refractivity contribution in [2.24, 2.45) is 18.9 Å². The van der Waals surface area contributed by atoms with Crippen molar-refractivity contribution in [1.29, 1.82) is 0 Å². The van der Waals surface area contributed by atoms with Crippen molar-refractivity contribution in [3.8, 4) is 11.3 Å². The number of hydrogen-bond donors (Lipinski definition) is 0. The van der Waals surface area contributed by atoms with Crippen LogP contribution in [0.5, 0.6) is 0 Å². The molecule has 0 bridgehead atoms. The Bertz CT molecular complexity index is 970. The van der Waals surface area contributed by atoms with Crippen LogP contribution >= 0.6 is 0 Å². The Morgan fingerprint density at radius 2 is 1.71 bits per heavy atom. The Kier molecular flexibility index (Phi) is 4.07. The summed E-state index contributed by atoms with van der Waals surface area (Å²) < 4.78 is 1.67. The van der Waals surface area contributed by atoms with Crippen LogP contribution in [0.1, 0.15) is 10.4 Å². The van der Waals surface area contributed by atoms with E-state index in [1.165, 1.54) is 0 Å². The normalized spacial score (nSPS) is 21.2. The van der Waals surface area contributed by atoms with Gasteiger partial charge in [-0.2, -0.15) is 5.10 Å². The van der Waals surface area contributed by atoms with Crippen LogP contribution in [0.25, 0.3) is 11.3 Å². The van der Waals surface area contributed by atoms with Gasteiger partial charge in [0.25, 0.3) is 5.91 Å². The second kappa shape index (κ2) is 6.74. The highest BCUT2D eigenvalue weighted by Crippen LogP contribution is 2.34. The lowest BCUT2D eigenvalue weighted by atomic mass is 10.0. The van der Waals surface area contributed by atoms with E-state index in [-0.39, 0.29) is 5.91 Å². The Hall–Kier alpha value is -3.22. The molecule has 0 aliphatic carbocycles. The second-order valence-electron chi connectivity index (χ2n) is 7.68. The predicted molar refractivity (Wildman–Crippen MR) is 106 cm³/mol. The summed E-state index contributed by atoms with van der Waals surface area (Å²) in [5.74, 6) is 1.97. The van der Waals surface area contributed by atoms with Gasteiger partial charge in [0.2, 0.25) is 0 Å². The number of nitrogens with zero attached hydrogens (tertiary/aromatic N) is 6. The zero-order chi connectivity index (χ0) is 19.1. The lowest BCUT2D eigenvalue weighted by Gasteiger charge is -2.22. The van der Waals surface area contributed by atoms with Crippen LogP contribution < -0.4 is 4.90 Å². The minimum atomic E-state index is 0.0843. The van der Waals surface area contributed by atoms with Gasteiger partial charge in [-0.25, -0.2) is 0 Å². The number of benzene rings is 1. The van der Waals surface area contributed by atoms with E-state index in [4.69, 9.17) is 0 Å². The Morgan fingerprint density at radius 1 is 0.964 bits per heavy atom. The number of aromatic nitrogens is 4. The Labute approximate surface area is 163 Å². The summed E-state index contributed by atoms with van der Waals surface area (Å²) in [4.78, 5) is 16.9. The third kappa shape index (κ3) is 3.02. The molecule has 2 fully saturated rings. The number of anilines is 1. The summed E-state index contributed by atoms with van der Waals surface area (Å²) in [5, 5.41) is 13.0. The van der Waals surface area contributed by atoms with Gasteiger partial charge in [0.05, 0.1) is 17.5 Å². The molecule has 2 atom stereocenters. The van der Waals surface area contributed by atoms with Crippen LogP contribution in [0.3, 0.4) is 0 Å². The molecule has 142 valence electrons. The van der Waals surface area contributed by atoms with Gasteiger partial charge in [-0.3, -0.25) is 9.48 Å². The SMILES string of the molecule is Cn1cc(C(=O)N2CC3CN(c4ccc(-c5ccccc5)nn4)CC3C2)cn1. The largest absolute Gasteiger partial charge is 0.354 e. The molecule has 2 saturated heterocycles. The van der Waals surface area contributed by atoms with Gasteiger partial charge in [-0.15, -0.1) is 10.2 Å². The van der Waals surface area contributed by atoms with E-state index < -0.39 is 0 Å². The van der Waals surface area contributed by atoms with Crippen molar-refractivity contribution in [2.45, 2.75) is 0 Å². The molecule has 28 heavy (non-hydrogen) atoms. The lowest BCUT2D eigenvalue weighted by molar-refractivity contribution is 0.0782. The highest BCUT2D eigenvalue weighted by Gasteiger charge is 2.42. The van der Waals surface area contributed by atoms with E-state index in [0.29, 0.717) is 17.4 Å². The van der Waals surface area contributed by atoms with E-state index in [2.05, 4.69) is 26.3 Å². The van der Waals surface area contributed by atoms with Gasteiger partial charge in [-0.1, -0.05) is 30.3 Å². The molecule has 1 aromatic carbocycles. The first kappa shape index (κ1) is 16.9. The van der Waals surface area contributed by atoms with Crippen LogP contribution in [0, 0.1) is 11.8 Å². The Balaban J connectivity index is 1.24. The zero-order valence-corrected chi connectivity index (χ0v) is 15.8. The van der Waals surface area contributed by atoms with Crippen LogP contribution in [-0.4, -0.2) is 57.0 Å². The molecular formula is C21H22N6O. The standard InChI is InChI=1S/C21H22N6O/c1-25-10-16(9-22-25)21(28)27-13-17-11-26(12-18(17)14-27)20-8-7-19(23-24-20)15-5-3-2-4-6-15/h2-10,17-18H,11-14H2,1H3. The van der Waals surface area contributed by atoms with E-state index in [9.17, 15) is 4.79 Å². The van der Waals surface area contributed by atoms with Crippen molar-refractivity contribution >= 4 is 11.7 Å². The van der Waals surface area contributed by atoms with Gasteiger partial charge in [0, 0.05) is 56.8 Å². The fraction of sp³-hybridized carbons (Fsp3) is 0.333. The number of likely N-dealkylation sites (tertiary alicyclic amines) is 1. The topological polar surface area (TPSA) is 67.2 Å². The minimum Gasteiger partial charge on any atom is -0.354 e. The summed E-state index contributed by atoms with van der Waals surface area (Å²) >= 11 is 0. The maximum atomic E-state index is 12.7. The number of amides is 1. The summed E-state index contributed by atoms with van der Waals surface area (Å²) in [5.41, 5.74) is 2.63. The van der Waals surface area contributed by atoms with E-state index in [1.807, 2.05) is 48.3 Å². The number of carbonyl (C=O) groups is 1. The molecule has 5 rings (SSSR count). The fourth-order valence-electron chi connectivity index (χ4n) is 4.32. The van der Waals surface area contributed by atoms with Crippen molar-refractivity contribution in [3.05, 3.63) is 60.4 Å². The molecule has 7 heteroatoms. The Morgan fingerprint density at radius 3 is 2.32 bits per heavy atom. The third-order valence-electron chi connectivity index (χ3n) is 5.77. The van der Waals surface area contributed by atoms with Gasteiger partial charge >= 0.3 is 0 Å². The van der Waals surface area contributed by atoms with Crippen molar-refractivity contribution in [1.82, 2.24) is 24.9 Å². The van der Waals surface area contributed by atoms with E-state index in [0.717, 1.165) is 43.3 Å². The third-order valence-corrected chi connectivity index (χ3v) is 5.77. The van der Waals surface area contributed by atoms with Gasteiger partial charge < -0.3 is 9.80 Å². The van der Waals surface area contributed by atoms with Crippen LogP contribution in [0.15, 0.2) is 54.9 Å². The highest BCUT2D eigenvalue weighted by molar-refractivity contribution is 5.94. The lowest BCUT2D eigenvalue weighted by Crippen LogP contribution is -2.33. The average molecular weight is 374 g/mol. The summed E-state index contributed by atoms with van der Waals surface area (Å²) in [6.45, 7) is 3.43. The number of carbonyl (C=O) groups excluding carboxylic acids is 1. The molecule has 0 N–H and O–H groups in total. The minimum absolute atomic E-state index is 0.0843. The van der Waals surface area contributed by atoms with E-state index in [1.54, 1.807) is 17.1 Å². The molecule has 4 heterocycles. The first-order valence-electron chi connectivity index (χ1n) is 9.59. The van der Waals surface area contributed by atoms with Gasteiger partial charge in [0.1, 0.15) is 0 Å². The quantitative estimate of drug-likeness (QED) is 0.702. The summed E-state index contributed by atoms with van der Waals surface area (Å²) in [6.07, 6.45) is 3.43. The van der Waals surface area contributed by atoms with Crippen molar-refractivity contribution in [2.75, 3.05) is 31.1 Å². The second-order valence-corrected chi connectivity index (χ2v) is 7.68. The fourth-order valence-corrected chi connectivity index (χ4v) is 4.32. The van der Waals surface area contributed by atoms with Crippen molar-refractivity contribution in [3.63, 3.8) is 0 Å². The highest BCUT2D eigenvalue weighted by atomic mass is 16.2. The van der Waals surface area contributed by atoms with Gasteiger partial charge in [-0.05, 0) is 12.1 Å². The van der Waals surface area contributed by atoms with Crippen LogP contribution in [-0.2, 0) is 7.05 Å². The molecule has 0 radical (unpaired) electrons. The molecule has 1 amide bonds. The average Bonchev–Trinajstić information content (AvgIpc) is 3.43. The van der Waals surface area contributed by atoms with Crippen LogP contribution in [0.2, 0.25) is 0 Å². The summed E-state index contributed by atoms with van der Waals surface area (Å²) in [6, 6.07) is 14.2. The maximum absolute atomic E-state index is 12.7. The summed E-state index contributed by atoms with van der Waals surface area (Å²) in [7, 11) is 1.83. The monoisotopic (exact) mass is 374 g/mol. The number of fused-ring (bicyclic) bond motifs is 1. The molecule has 0 saturated carbocycles. The number of hydrogen-bond acceptors (Lipinski definition) is 5. The molecule has 7 nitrogen and oxygen atoms in total. The molecule has 2 unspecified atom stereocenters. The number of rotatable bonds is 3. The first-order valence-corrected chi connectivity index (χ1v) is 9.59. The van der Waals surface area contributed by atoms with Crippen molar-refractivity contribution < 1.29 is 4.79 Å². The zero-order valence-electron chi connectivity index (χ0n) is 15.8.